The van der Waals surface area contributed by atoms with E-state index in [0.717, 1.165) is 0 Å². The maximum absolute atomic E-state index is 12.0. The summed E-state index contributed by atoms with van der Waals surface area (Å²) in [6, 6.07) is 3.67. The van der Waals surface area contributed by atoms with Gasteiger partial charge in [-0.2, -0.15) is 0 Å². The SMILES string of the molecule is CC(C)C[C@H](CNC(=O)c1cc(O)ccc1O)CC(=O)O. The number of rotatable bonds is 7. The van der Waals surface area contributed by atoms with Crippen LogP contribution in [0.3, 0.4) is 0 Å². The van der Waals surface area contributed by atoms with Gasteiger partial charge in [-0.1, -0.05) is 13.8 Å². The second-order valence-corrected chi connectivity index (χ2v) is 5.50. The molecule has 0 fully saturated rings. The van der Waals surface area contributed by atoms with E-state index in [2.05, 4.69) is 5.32 Å². The van der Waals surface area contributed by atoms with Crippen molar-refractivity contribution in [1.29, 1.82) is 0 Å². The van der Waals surface area contributed by atoms with E-state index in [4.69, 9.17) is 5.11 Å². The van der Waals surface area contributed by atoms with Crippen LogP contribution < -0.4 is 5.32 Å². The first-order chi connectivity index (χ1) is 9.79. The standard InChI is InChI=1S/C15H21NO5/c1-9(2)5-10(6-14(19)20)8-16-15(21)12-7-11(17)3-4-13(12)18/h3-4,7,9-10,17-18H,5-6,8H2,1-2H3,(H,16,21)(H,19,20)/t10-/m0/s1. The van der Waals surface area contributed by atoms with Gasteiger partial charge in [-0.05, 0) is 36.5 Å². The summed E-state index contributed by atoms with van der Waals surface area (Å²) in [6.45, 7) is 4.17. The van der Waals surface area contributed by atoms with Crippen molar-refractivity contribution >= 4 is 11.9 Å². The van der Waals surface area contributed by atoms with Gasteiger partial charge in [-0.25, -0.2) is 0 Å². The summed E-state index contributed by atoms with van der Waals surface area (Å²) < 4.78 is 0. The van der Waals surface area contributed by atoms with Crippen LogP contribution in [0.2, 0.25) is 0 Å². The molecule has 0 heterocycles. The molecule has 0 aromatic heterocycles. The molecule has 0 aliphatic carbocycles. The second kappa shape index (κ2) is 7.52. The topological polar surface area (TPSA) is 107 Å². The molecule has 6 heteroatoms. The Kier molecular flexibility index (Phi) is 6.02. The molecule has 6 nitrogen and oxygen atoms in total. The van der Waals surface area contributed by atoms with Gasteiger partial charge >= 0.3 is 5.97 Å². The van der Waals surface area contributed by atoms with Gasteiger partial charge in [0.25, 0.3) is 5.91 Å². The molecule has 0 saturated carbocycles. The molecule has 116 valence electrons. The molecule has 0 aliphatic heterocycles. The molecule has 4 N–H and O–H groups in total. The minimum atomic E-state index is -0.907. The van der Waals surface area contributed by atoms with Gasteiger partial charge in [0.1, 0.15) is 11.5 Å². The number of carboxylic acids is 1. The predicted octanol–water partition coefficient (Wildman–Crippen LogP) is 1.96. The summed E-state index contributed by atoms with van der Waals surface area (Å²) in [5.74, 6) is -1.66. The number of hydrogen-bond donors (Lipinski definition) is 4. The van der Waals surface area contributed by atoms with E-state index >= 15 is 0 Å². The third-order valence-corrected chi connectivity index (χ3v) is 3.04. The van der Waals surface area contributed by atoms with Crippen LogP contribution >= 0.6 is 0 Å². The number of phenolic OH excluding ortho intramolecular Hbond substituents is 2. The van der Waals surface area contributed by atoms with Crippen LogP contribution in [0.4, 0.5) is 0 Å². The molecule has 0 aliphatic rings. The predicted molar refractivity (Wildman–Crippen MR) is 77.3 cm³/mol. The number of benzene rings is 1. The molecule has 0 bridgehead atoms. The molecular formula is C15H21NO5. The summed E-state index contributed by atoms with van der Waals surface area (Å²) in [5, 5.41) is 30.4. The van der Waals surface area contributed by atoms with E-state index in [9.17, 15) is 19.8 Å². The van der Waals surface area contributed by atoms with Gasteiger partial charge in [-0.3, -0.25) is 9.59 Å². The molecule has 1 aromatic rings. The Hall–Kier alpha value is -2.24. The number of carbonyl (C=O) groups is 2. The van der Waals surface area contributed by atoms with Crippen LogP contribution in [0.25, 0.3) is 0 Å². The van der Waals surface area contributed by atoms with Crippen molar-refractivity contribution in [2.45, 2.75) is 26.7 Å². The third kappa shape index (κ3) is 5.72. The second-order valence-electron chi connectivity index (χ2n) is 5.50. The minimum absolute atomic E-state index is 0.0233. The van der Waals surface area contributed by atoms with Gasteiger partial charge in [0.2, 0.25) is 0 Å². The number of nitrogens with one attached hydrogen (secondary N) is 1. The van der Waals surface area contributed by atoms with Crippen LogP contribution in [0.1, 0.15) is 37.0 Å². The molecule has 0 radical (unpaired) electrons. The fraction of sp³-hybridized carbons (Fsp3) is 0.467. The maximum Gasteiger partial charge on any atom is 0.303 e. The van der Waals surface area contributed by atoms with Crippen LogP contribution in [-0.2, 0) is 4.79 Å². The molecule has 0 spiro atoms. The number of aromatic hydroxyl groups is 2. The van der Waals surface area contributed by atoms with E-state index in [1.165, 1.54) is 18.2 Å². The van der Waals surface area contributed by atoms with E-state index in [0.29, 0.717) is 12.3 Å². The molecule has 1 rings (SSSR count). The summed E-state index contributed by atoms with van der Waals surface area (Å²) in [6.07, 6.45) is 0.656. The lowest BCUT2D eigenvalue weighted by atomic mass is 9.94. The van der Waals surface area contributed by atoms with Crippen molar-refractivity contribution in [3.8, 4) is 11.5 Å². The van der Waals surface area contributed by atoms with Crippen LogP contribution in [0.5, 0.6) is 11.5 Å². The highest BCUT2D eigenvalue weighted by Crippen LogP contribution is 2.22. The Morgan fingerprint density at radius 3 is 2.48 bits per heavy atom. The van der Waals surface area contributed by atoms with E-state index in [1.807, 2.05) is 13.8 Å². The molecule has 1 amide bonds. The zero-order valence-corrected chi connectivity index (χ0v) is 12.2. The Labute approximate surface area is 123 Å². The van der Waals surface area contributed by atoms with E-state index < -0.39 is 11.9 Å². The average molecular weight is 295 g/mol. The molecule has 0 saturated heterocycles. The number of hydrogen-bond acceptors (Lipinski definition) is 4. The molecule has 0 unspecified atom stereocenters. The fourth-order valence-corrected chi connectivity index (χ4v) is 2.19. The number of carbonyl (C=O) groups excluding carboxylic acids is 1. The van der Waals surface area contributed by atoms with Gasteiger partial charge in [0, 0.05) is 13.0 Å². The van der Waals surface area contributed by atoms with Crippen molar-refractivity contribution in [1.82, 2.24) is 5.32 Å². The summed E-state index contributed by atoms with van der Waals surface area (Å²) in [7, 11) is 0. The van der Waals surface area contributed by atoms with E-state index in [1.54, 1.807) is 0 Å². The van der Waals surface area contributed by atoms with E-state index in [-0.39, 0.29) is 35.9 Å². The zero-order valence-electron chi connectivity index (χ0n) is 12.2. The highest BCUT2D eigenvalue weighted by molar-refractivity contribution is 5.97. The third-order valence-electron chi connectivity index (χ3n) is 3.04. The van der Waals surface area contributed by atoms with Crippen molar-refractivity contribution in [3.63, 3.8) is 0 Å². The largest absolute Gasteiger partial charge is 0.508 e. The summed E-state index contributed by atoms with van der Waals surface area (Å²) in [5.41, 5.74) is -0.0337. The van der Waals surface area contributed by atoms with Gasteiger partial charge in [0.15, 0.2) is 0 Å². The van der Waals surface area contributed by atoms with Crippen molar-refractivity contribution in [3.05, 3.63) is 23.8 Å². The number of carboxylic acid groups (broad SMARTS) is 1. The Balaban J connectivity index is 2.68. The smallest absolute Gasteiger partial charge is 0.303 e. The number of aliphatic carboxylic acids is 1. The number of phenols is 2. The molecular weight excluding hydrogens is 274 g/mol. The first-order valence-electron chi connectivity index (χ1n) is 6.81. The molecule has 1 aromatic carbocycles. The Morgan fingerprint density at radius 2 is 1.90 bits per heavy atom. The lowest BCUT2D eigenvalue weighted by Gasteiger charge is -2.18. The molecule has 21 heavy (non-hydrogen) atoms. The lowest BCUT2D eigenvalue weighted by Crippen LogP contribution is -2.31. The monoisotopic (exact) mass is 295 g/mol. The van der Waals surface area contributed by atoms with Gasteiger partial charge < -0.3 is 20.6 Å². The first-order valence-corrected chi connectivity index (χ1v) is 6.81. The van der Waals surface area contributed by atoms with Crippen molar-refractivity contribution in [2.24, 2.45) is 11.8 Å². The lowest BCUT2D eigenvalue weighted by molar-refractivity contribution is -0.138. The van der Waals surface area contributed by atoms with Crippen molar-refractivity contribution < 1.29 is 24.9 Å². The maximum atomic E-state index is 12.0. The van der Waals surface area contributed by atoms with Crippen LogP contribution in [-0.4, -0.2) is 33.7 Å². The minimum Gasteiger partial charge on any atom is -0.508 e. The molecule has 1 atom stereocenters. The normalized spacial score (nSPS) is 12.1. The number of amides is 1. The quantitative estimate of drug-likeness (QED) is 0.575. The Morgan fingerprint density at radius 1 is 1.24 bits per heavy atom. The van der Waals surface area contributed by atoms with Crippen LogP contribution in [0, 0.1) is 11.8 Å². The summed E-state index contributed by atoms with van der Waals surface area (Å²) in [4.78, 5) is 22.8. The highest BCUT2D eigenvalue weighted by atomic mass is 16.4. The van der Waals surface area contributed by atoms with Crippen molar-refractivity contribution in [2.75, 3.05) is 6.54 Å². The average Bonchev–Trinajstić information content (AvgIpc) is 2.37. The van der Waals surface area contributed by atoms with Gasteiger partial charge in [0.05, 0.1) is 5.56 Å². The van der Waals surface area contributed by atoms with Crippen LogP contribution in [0.15, 0.2) is 18.2 Å². The Bertz CT molecular complexity index is 513. The highest BCUT2D eigenvalue weighted by Gasteiger charge is 2.18. The van der Waals surface area contributed by atoms with Gasteiger partial charge in [-0.15, -0.1) is 0 Å². The zero-order chi connectivity index (χ0) is 16.0. The fourth-order valence-electron chi connectivity index (χ4n) is 2.19. The first kappa shape index (κ1) is 16.8. The summed E-state index contributed by atoms with van der Waals surface area (Å²) >= 11 is 0.